The molecule has 2 aliphatic rings. The monoisotopic (exact) mass is 569 g/mol. The van der Waals surface area contributed by atoms with Gasteiger partial charge in [-0.15, -0.1) is 5.10 Å². The van der Waals surface area contributed by atoms with Gasteiger partial charge >= 0.3 is 6.18 Å². The van der Waals surface area contributed by atoms with E-state index in [1.54, 1.807) is 19.9 Å². The van der Waals surface area contributed by atoms with E-state index in [0.29, 0.717) is 22.2 Å². The van der Waals surface area contributed by atoms with Crippen LogP contribution in [0.3, 0.4) is 0 Å². The molecule has 8 nitrogen and oxygen atoms in total. The van der Waals surface area contributed by atoms with Crippen LogP contribution in [0.5, 0.6) is 0 Å². The van der Waals surface area contributed by atoms with Gasteiger partial charge in [-0.3, -0.25) is 9.78 Å². The third-order valence-corrected chi connectivity index (χ3v) is 8.96. The second-order valence-electron chi connectivity index (χ2n) is 10.5. The Kier molecular flexibility index (Phi) is 6.31. The van der Waals surface area contributed by atoms with E-state index in [0.717, 1.165) is 19.3 Å². The molecule has 39 heavy (non-hydrogen) atoms. The molecule has 4 heterocycles. The minimum atomic E-state index is -4.96. The molecule has 1 aliphatic carbocycles. The SMILES string of the molecule is CN(C(=O)C1CCS(=O)(=O)CC1)C(c1cnc(C2=CC(C)(C)c3c2cnc2cc(F)nn32)c(F)c1)C(F)(F)F. The van der Waals surface area contributed by atoms with Gasteiger partial charge in [0.05, 0.1) is 17.2 Å². The number of rotatable bonds is 4. The number of alkyl halides is 3. The van der Waals surface area contributed by atoms with Crippen molar-refractivity contribution in [2.75, 3.05) is 18.6 Å². The molecule has 0 aromatic carbocycles. The first-order valence-electron chi connectivity index (χ1n) is 12.1. The van der Waals surface area contributed by atoms with Crippen LogP contribution in [0, 0.1) is 17.7 Å². The summed E-state index contributed by atoms with van der Waals surface area (Å²) in [7, 11) is -2.36. The van der Waals surface area contributed by atoms with Crippen LogP contribution in [0.15, 0.2) is 30.6 Å². The fourth-order valence-electron chi connectivity index (χ4n) is 5.41. The molecule has 1 amide bonds. The van der Waals surface area contributed by atoms with E-state index in [1.165, 1.54) is 10.7 Å². The van der Waals surface area contributed by atoms with Crippen molar-refractivity contribution in [2.45, 2.75) is 44.3 Å². The number of sulfone groups is 1. The molecule has 1 atom stereocenters. The lowest BCUT2D eigenvalue weighted by Crippen LogP contribution is -2.44. The van der Waals surface area contributed by atoms with Gasteiger partial charge in [0.1, 0.15) is 21.3 Å². The zero-order valence-corrected chi connectivity index (χ0v) is 21.9. The zero-order valence-electron chi connectivity index (χ0n) is 21.1. The number of amides is 1. The molecular formula is C25H24F5N5O3S. The number of allylic oxidation sites excluding steroid dienone is 1. The average molecular weight is 570 g/mol. The van der Waals surface area contributed by atoms with Gasteiger partial charge in [-0.25, -0.2) is 22.3 Å². The van der Waals surface area contributed by atoms with Gasteiger partial charge in [0.15, 0.2) is 11.7 Å². The van der Waals surface area contributed by atoms with Crippen molar-refractivity contribution >= 4 is 27.0 Å². The number of carbonyl (C=O) groups excluding carboxylic acids is 1. The Bertz CT molecular complexity index is 1620. The molecule has 0 bridgehead atoms. The van der Waals surface area contributed by atoms with Crippen molar-refractivity contribution in [1.29, 1.82) is 0 Å². The van der Waals surface area contributed by atoms with Crippen molar-refractivity contribution < 1.29 is 35.2 Å². The molecular weight excluding hydrogens is 545 g/mol. The average Bonchev–Trinajstić information content (AvgIpc) is 3.33. The van der Waals surface area contributed by atoms with Crippen molar-refractivity contribution in [2.24, 2.45) is 5.92 Å². The number of fused-ring (bicyclic) bond motifs is 3. The van der Waals surface area contributed by atoms with Crippen LogP contribution in [-0.4, -0.2) is 63.5 Å². The number of hydrogen-bond acceptors (Lipinski definition) is 6. The standard InChI is InChI=1S/C25H24F5N5O3S/c1-24(2)10-15(16-12-31-19-9-18(27)33-35(19)22(16)24)20-17(26)8-14(11-32-20)21(25(28,29)30)34(3)23(36)13-4-6-39(37,38)7-5-13/h8-13,21H,4-7H2,1-3H3. The van der Waals surface area contributed by atoms with Crippen LogP contribution < -0.4 is 0 Å². The fraction of sp³-hybridized carbons (Fsp3) is 0.440. The molecule has 0 spiro atoms. The first-order valence-corrected chi connectivity index (χ1v) is 13.9. The number of hydrogen-bond donors (Lipinski definition) is 0. The second kappa shape index (κ2) is 9.07. The summed E-state index contributed by atoms with van der Waals surface area (Å²) in [5, 5.41) is 3.82. The summed E-state index contributed by atoms with van der Waals surface area (Å²) in [5.74, 6) is -4.11. The number of pyridine rings is 1. The number of carbonyl (C=O) groups is 1. The summed E-state index contributed by atoms with van der Waals surface area (Å²) < 4.78 is 96.5. The Hall–Kier alpha value is -3.42. The van der Waals surface area contributed by atoms with Gasteiger partial charge in [-0.2, -0.15) is 17.6 Å². The van der Waals surface area contributed by atoms with E-state index >= 15 is 4.39 Å². The summed E-state index contributed by atoms with van der Waals surface area (Å²) in [6.45, 7) is 3.59. The maximum atomic E-state index is 15.5. The van der Waals surface area contributed by atoms with Gasteiger partial charge in [0.2, 0.25) is 11.9 Å². The van der Waals surface area contributed by atoms with Gasteiger partial charge < -0.3 is 4.90 Å². The first-order chi connectivity index (χ1) is 18.1. The summed E-state index contributed by atoms with van der Waals surface area (Å²) in [4.78, 5) is 21.6. The number of aromatic nitrogens is 4. The summed E-state index contributed by atoms with van der Waals surface area (Å²) in [5.41, 5.74) is -0.136. The summed E-state index contributed by atoms with van der Waals surface area (Å²) in [6, 6.07) is -0.654. The Morgan fingerprint density at radius 3 is 2.41 bits per heavy atom. The highest BCUT2D eigenvalue weighted by molar-refractivity contribution is 7.91. The summed E-state index contributed by atoms with van der Waals surface area (Å²) >= 11 is 0. The molecule has 3 aromatic rings. The van der Waals surface area contributed by atoms with E-state index in [-0.39, 0.29) is 41.3 Å². The van der Waals surface area contributed by atoms with Crippen LogP contribution in [-0.2, 0) is 20.0 Å². The van der Waals surface area contributed by atoms with Crippen molar-refractivity contribution in [3.05, 3.63) is 64.9 Å². The maximum absolute atomic E-state index is 15.5. The van der Waals surface area contributed by atoms with Crippen LogP contribution in [0.4, 0.5) is 22.0 Å². The first kappa shape index (κ1) is 27.2. The van der Waals surface area contributed by atoms with E-state index in [4.69, 9.17) is 0 Å². The predicted octanol–water partition coefficient (Wildman–Crippen LogP) is 4.01. The molecule has 208 valence electrons. The predicted molar refractivity (Wildman–Crippen MR) is 130 cm³/mol. The number of halogens is 5. The quantitative estimate of drug-likeness (QED) is 0.441. The highest BCUT2D eigenvalue weighted by atomic mass is 32.2. The zero-order chi connectivity index (χ0) is 28.5. The smallest absolute Gasteiger partial charge is 0.330 e. The van der Waals surface area contributed by atoms with E-state index < -0.39 is 56.6 Å². The number of nitrogens with zero attached hydrogens (tertiary/aromatic N) is 5. The van der Waals surface area contributed by atoms with Crippen LogP contribution >= 0.6 is 0 Å². The molecule has 1 saturated heterocycles. The van der Waals surface area contributed by atoms with Crippen LogP contribution in [0.1, 0.15) is 55.2 Å². The fourth-order valence-corrected chi connectivity index (χ4v) is 6.90. The lowest BCUT2D eigenvalue weighted by molar-refractivity contribution is -0.190. The van der Waals surface area contributed by atoms with Crippen LogP contribution in [0.25, 0.3) is 11.2 Å². The largest absolute Gasteiger partial charge is 0.413 e. The van der Waals surface area contributed by atoms with Crippen LogP contribution in [0.2, 0.25) is 0 Å². The minimum absolute atomic E-state index is 0.0769. The topological polar surface area (TPSA) is 97.5 Å². The lowest BCUT2D eigenvalue weighted by atomic mass is 9.92. The Labute approximate surface area is 220 Å². The minimum Gasteiger partial charge on any atom is -0.330 e. The molecule has 0 N–H and O–H groups in total. The highest BCUT2D eigenvalue weighted by Gasteiger charge is 2.47. The third kappa shape index (κ3) is 4.79. The molecule has 0 saturated carbocycles. The van der Waals surface area contributed by atoms with Crippen molar-refractivity contribution in [3.63, 3.8) is 0 Å². The lowest BCUT2D eigenvalue weighted by Gasteiger charge is -2.33. The van der Waals surface area contributed by atoms with Gasteiger partial charge in [0, 0.05) is 53.5 Å². The van der Waals surface area contributed by atoms with E-state index in [2.05, 4.69) is 15.1 Å². The molecule has 1 unspecified atom stereocenters. The van der Waals surface area contributed by atoms with Gasteiger partial charge in [-0.1, -0.05) is 19.9 Å². The second-order valence-corrected chi connectivity index (χ2v) is 12.8. The molecule has 3 aromatic heterocycles. The van der Waals surface area contributed by atoms with Gasteiger partial charge in [0.25, 0.3) is 0 Å². The Morgan fingerprint density at radius 1 is 1.13 bits per heavy atom. The molecule has 1 aliphatic heterocycles. The molecule has 1 fully saturated rings. The van der Waals surface area contributed by atoms with E-state index in [1.807, 2.05) is 0 Å². The normalized spacial score (nSPS) is 19.5. The molecule has 0 radical (unpaired) electrons. The van der Waals surface area contributed by atoms with Gasteiger partial charge in [-0.05, 0) is 18.9 Å². The highest BCUT2D eigenvalue weighted by Crippen LogP contribution is 2.44. The molecule has 5 rings (SSSR count). The van der Waals surface area contributed by atoms with E-state index in [9.17, 15) is 30.8 Å². The Morgan fingerprint density at radius 2 is 1.79 bits per heavy atom. The molecule has 14 heteroatoms. The van der Waals surface area contributed by atoms with Crippen molar-refractivity contribution in [3.8, 4) is 0 Å². The Balaban J connectivity index is 1.50. The van der Waals surface area contributed by atoms with Crippen molar-refractivity contribution in [1.82, 2.24) is 24.5 Å². The maximum Gasteiger partial charge on any atom is 0.413 e. The third-order valence-electron chi connectivity index (χ3n) is 7.24. The summed E-state index contributed by atoms with van der Waals surface area (Å²) in [6.07, 6.45) is -1.16.